The van der Waals surface area contributed by atoms with Crippen molar-refractivity contribution in [3.8, 4) is 0 Å². The van der Waals surface area contributed by atoms with Gasteiger partial charge in [0.2, 0.25) is 5.76 Å². The smallest absolute Gasteiger partial charge is 0.371 e. The van der Waals surface area contributed by atoms with Gasteiger partial charge in [0.25, 0.3) is 0 Å². The molecule has 1 aromatic rings. The van der Waals surface area contributed by atoms with Gasteiger partial charge in [-0.05, 0) is 19.1 Å². The number of rotatable bonds is 4. The van der Waals surface area contributed by atoms with Crippen LogP contribution < -0.4 is 0 Å². The summed E-state index contributed by atoms with van der Waals surface area (Å²) in [4.78, 5) is 20.9. The molecule has 0 aromatic carbocycles. The van der Waals surface area contributed by atoms with E-state index >= 15 is 0 Å². The van der Waals surface area contributed by atoms with E-state index in [0.29, 0.717) is 0 Å². The summed E-state index contributed by atoms with van der Waals surface area (Å²) in [7, 11) is 0. The number of carbonyl (C=O) groups is 2. The highest BCUT2D eigenvalue weighted by molar-refractivity contribution is 8.00. The van der Waals surface area contributed by atoms with Crippen LogP contribution >= 0.6 is 11.8 Å². The zero-order valence-corrected chi connectivity index (χ0v) is 8.08. The molecule has 1 unspecified atom stereocenters. The quantitative estimate of drug-likeness (QED) is 0.742. The van der Waals surface area contributed by atoms with Crippen molar-refractivity contribution in [1.29, 1.82) is 0 Å². The van der Waals surface area contributed by atoms with Crippen LogP contribution in [0.5, 0.6) is 0 Å². The second kappa shape index (κ2) is 4.19. The fourth-order valence-corrected chi connectivity index (χ4v) is 1.46. The Morgan fingerprint density at radius 1 is 1.43 bits per heavy atom. The molecule has 76 valence electrons. The van der Waals surface area contributed by atoms with E-state index in [9.17, 15) is 9.59 Å². The van der Waals surface area contributed by atoms with Crippen molar-refractivity contribution in [2.24, 2.45) is 0 Å². The monoisotopic (exact) mass is 216 g/mol. The molecule has 0 saturated carbocycles. The normalized spacial score (nSPS) is 12.4. The van der Waals surface area contributed by atoms with Gasteiger partial charge in [0.15, 0.2) is 5.09 Å². The summed E-state index contributed by atoms with van der Waals surface area (Å²) in [5, 5.41) is 16.7. The van der Waals surface area contributed by atoms with Crippen molar-refractivity contribution in [2.75, 3.05) is 0 Å². The predicted molar refractivity (Wildman–Crippen MR) is 48.6 cm³/mol. The fraction of sp³-hybridized carbons (Fsp3) is 0.250. The molecule has 2 N–H and O–H groups in total. The standard InChI is InChI=1S/C8H8O5S/c1-4(7(9)10)14-6-3-2-5(13-6)8(11)12/h2-4H,1H3,(H,9,10)(H,11,12). The molecule has 0 radical (unpaired) electrons. The predicted octanol–water partition coefficient (Wildman–Crippen LogP) is 1.54. The van der Waals surface area contributed by atoms with Gasteiger partial charge in [-0.3, -0.25) is 4.79 Å². The van der Waals surface area contributed by atoms with Gasteiger partial charge in [-0.1, -0.05) is 11.8 Å². The molecule has 0 saturated heterocycles. The fourth-order valence-electron chi connectivity index (χ4n) is 0.723. The van der Waals surface area contributed by atoms with Crippen LogP contribution in [0, 0.1) is 0 Å². The zero-order valence-electron chi connectivity index (χ0n) is 7.26. The molecule has 0 aliphatic rings. The van der Waals surface area contributed by atoms with E-state index in [1.54, 1.807) is 0 Å². The molecule has 1 aromatic heterocycles. The largest absolute Gasteiger partial charge is 0.480 e. The van der Waals surface area contributed by atoms with Crippen molar-refractivity contribution < 1.29 is 24.2 Å². The topological polar surface area (TPSA) is 87.7 Å². The summed E-state index contributed by atoms with van der Waals surface area (Å²) < 4.78 is 4.87. The molecule has 1 rings (SSSR count). The third-order valence-electron chi connectivity index (χ3n) is 1.43. The maximum atomic E-state index is 10.5. The van der Waals surface area contributed by atoms with Gasteiger partial charge < -0.3 is 14.6 Å². The van der Waals surface area contributed by atoms with Crippen LogP contribution in [0.3, 0.4) is 0 Å². The Hall–Kier alpha value is -1.43. The van der Waals surface area contributed by atoms with Gasteiger partial charge in [0.05, 0.1) is 0 Å². The van der Waals surface area contributed by atoms with Gasteiger partial charge in [0, 0.05) is 0 Å². The molecular weight excluding hydrogens is 208 g/mol. The van der Waals surface area contributed by atoms with Crippen molar-refractivity contribution >= 4 is 23.7 Å². The summed E-state index contributed by atoms with van der Waals surface area (Å²) >= 11 is 0.960. The lowest BCUT2D eigenvalue weighted by molar-refractivity contribution is -0.136. The summed E-state index contributed by atoms with van der Waals surface area (Å²) in [6.45, 7) is 1.50. The maximum Gasteiger partial charge on any atom is 0.371 e. The van der Waals surface area contributed by atoms with Gasteiger partial charge in [-0.15, -0.1) is 0 Å². The van der Waals surface area contributed by atoms with Crippen LogP contribution in [0.1, 0.15) is 17.5 Å². The van der Waals surface area contributed by atoms with E-state index in [4.69, 9.17) is 14.6 Å². The van der Waals surface area contributed by atoms with Crippen LogP contribution in [0.15, 0.2) is 21.6 Å². The SMILES string of the molecule is CC(Sc1ccc(C(=O)O)o1)C(=O)O. The minimum absolute atomic E-state index is 0.190. The second-order valence-corrected chi connectivity index (χ2v) is 3.87. The Morgan fingerprint density at radius 3 is 2.50 bits per heavy atom. The Kier molecular flexibility index (Phi) is 3.19. The third-order valence-corrected chi connectivity index (χ3v) is 2.44. The first-order valence-electron chi connectivity index (χ1n) is 3.73. The Balaban J connectivity index is 2.69. The van der Waals surface area contributed by atoms with Crippen molar-refractivity contribution in [3.63, 3.8) is 0 Å². The number of carboxylic acid groups (broad SMARTS) is 2. The molecule has 0 spiro atoms. The van der Waals surface area contributed by atoms with E-state index in [2.05, 4.69) is 0 Å². The highest BCUT2D eigenvalue weighted by Gasteiger charge is 2.16. The van der Waals surface area contributed by atoms with Gasteiger partial charge in [0.1, 0.15) is 5.25 Å². The third kappa shape index (κ3) is 2.53. The average molecular weight is 216 g/mol. The Labute approximate surface area is 83.7 Å². The molecule has 0 amide bonds. The molecule has 14 heavy (non-hydrogen) atoms. The molecular formula is C8H8O5S. The first kappa shape index (κ1) is 10.6. The summed E-state index contributed by atoms with van der Waals surface area (Å²) in [5.74, 6) is -2.33. The number of carboxylic acids is 2. The first-order valence-corrected chi connectivity index (χ1v) is 4.61. The molecule has 0 aliphatic heterocycles. The van der Waals surface area contributed by atoms with E-state index in [-0.39, 0.29) is 10.9 Å². The lowest BCUT2D eigenvalue weighted by Gasteiger charge is -2.01. The highest BCUT2D eigenvalue weighted by atomic mass is 32.2. The van der Waals surface area contributed by atoms with Crippen molar-refractivity contribution in [1.82, 2.24) is 0 Å². The minimum atomic E-state index is -1.17. The lowest BCUT2D eigenvalue weighted by Crippen LogP contribution is -2.10. The van der Waals surface area contributed by atoms with E-state index < -0.39 is 17.2 Å². The molecule has 1 heterocycles. The second-order valence-electron chi connectivity index (χ2n) is 2.52. The van der Waals surface area contributed by atoms with Crippen LogP contribution in [0.2, 0.25) is 0 Å². The molecule has 1 atom stereocenters. The summed E-state index contributed by atoms with van der Waals surface area (Å²) in [6, 6.07) is 2.73. The Bertz CT molecular complexity index is 356. The van der Waals surface area contributed by atoms with Crippen LogP contribution in [-0.2, 0) is 4.79 Å². The van der Waals surface area contributed by atoms with Gasteiger partial charge in [-0.2, -0.15) is 0 Å². The Morgan fingerprint density at radius 2 is 2.07 bits per heavy atom. The molecule has 5 nitrogen and oxygen atoms in total. The number of aliphatic carboxylic acids is 1. The number of thioether (sulfide) groups is 1. The molecule has 0 bridgehead atoms. The zero-order chi connectivity index (χ0) is 10.7. The highest BCUT2D eigenvalue weighted by Crippen LogP contribution is 2.25. The van der Waals surface area contributed by atoms with Crippen LogP contribution in [-0.4, -0.2) is 27.4 Å². The summed E-state index contributed by atoms with van der Waals surface area (Å²) in [6.07, 6.45) is 0. The van der Waals surface area contributed by atoms with Crippen LogP contribution in [0.25, 0.3) is 0 Å². The lowest BCUT2D eigenvalue weighted by atomic mass is 10.5. The molecule has 6 heteroatoms. The van der Waals surface area contributed by atoms with Crippen LogP contribution in [0.4, 0.5) is 0 Å². The van der Waals surface area contributed by atoms with Crippen molar-refractivity contribution in [2.45, 2.75) is 17.3 Å². The number of hydrogen-bond donors (Lipinski definition) is 2. The van der Waals surface area contributed by atoms with Gasteiger partial charge in [-0.25, -0.2) is 4.79 Å². The first-order chi connectivity index (χ1) is 6.50. The molecule has 0 aliphatic carbocycles. The number of furan rings is 1. The van der Waals surface area contributed by atoms with E-state index in [1.165, 1.54) is 19.1 Å². The number of hydrogen-bond acceptors (Lipinski definition) is 4. The minimum Gasteiger partial charge on any atom is -0.480 e. The summed E-state index contributed by atoms with van der Waals surface area (Å²) in [5.41, 5.74) is 0. The maximum absolute atomic E-state index is 10.5. The number of aromatic carboxylic acids is 1. The average Bonchev–Trinajstić information content (AvgIpc) is 2.52. The van der Waals surface area contributed by atoms with E-state index in [0.717, 1.165) is 11.8 Å². The van der Waals surface area contributed by atoms with Gasteiger partial charge >= 0.3 is 11.9 Å². The van der Waals surface area contributed by atoms with Crippen molar-refractivity contribution in [3.05, 3.63) is 17.9 Å². The van der Waals surface area contributed by atoms with E-state index in [1.807, 2.05) is 0 Å². The molecule has 0 fully saturated rings.